The van der Waals surface area contributed by atoms with Gasteiger partial charge >= 0.3 is 11.9 Å². The maximum atomic E-state index is 14.0. The van der Waals surface area contributed by atoms with Crippen LogP contribution in [0.1, 0.15) is 16.7 Å². The number of anilines is 2. The van der Waals surface area contributed by atoms with E-state index in [0.717, 1.165) is 42.5 Å². The first-order valence-corrected chi connectivity index (χ1v) is 16.7. The van der Waals surface area contributed by atoms with Crippen molar-refractivity contribution in [3.8, 4) is 11.5 Å². The second kappa shape index (κ2) is 14.1. The van der Waals surface area contributed by atoms with Gasteiger partial charge in [0.25, 0.3) is 20.0 Å². The average Bonchev–Trinajstić information content (AvgIpc) is 3.02. The van der Waals surface area contributed by atoms with Gasteiger partial charge in [0.2, 0.25) is 0 Å². The second-order valence-electron chi connectivity index (χ2n) is 10.3. The molecule has 0 fully saturated rings. The Bertz CT molecular complexity index is 1980. The van der Waals surface area contributed by atoms with Crippen molar-refractivity contribution >= 4 is 43.4 Å². The van der Waals surface area contributed by atoms with Crippen molar-refractivity contribution in [1.29, 1.82) is 0 Å². The van der Waals surface area contributed by atoms with E-state index >= 15 is 0 Å². The molecule has 12 nitrogen and oxygen atoms in total. The van der Waals surface area contributed by atoms with E-state index in [9.17, 15) is 41.0 Å². The molecule has 4 aromatic rings. The molecule has 0 bridgehead atoms. The zero-order valence-corrected chi connectivity index (χ0v) is 27.1. The molecule has 4 aromatic carbocycles. The quantitative estimate of drug-likeness (QED) is 0.191. The highest BCUT2D eigenvalue weighted by Crippen LogP contribution is 2.45. The highest BCUT2D eigenvalue weighted by molar-refractivity contribution is 7.93. The maximum absolute atomic E-state index is 14.0. The molecular formula is C32H31FN2O10S2. The summed E-state index contributed by atoms with van der Waals surface area (Å²) < 4.78 is 81.7. The summed E-state index contributed by atoms with van der Waals surface area (Å²) in [5.41, 5.74) is 1.23. The van der Waals surface area contributed by atoms with Crippen LogP contribution in [-0.4, -0.2) is 59.2 Å². The Morgan fingerprint density at radius 1 is 0.702 bits per heavy atom. The van der Waals surface area contributed by atoms with Crippen LogP contribution in [0.5, 0.6) is 11.5 Å². The number of aliphatic carboxylic acids is 2. The molecule has 0 unspecified atom stereocenters. The number of carbonyl (C=O) groups is 2. The number of hydrogen-bond acceptors (Lipinski definition) is 8. The molecule has 0 aromatic heterocycles. The van der Waals surface area contributed by atoms with Gasteiger partial charge in [-0.1, -0.05) is 47.5 Å². The molecule has 0 saturated carbocycles. The zero-order chi connectivity index (χ0) is 34.5. The van der Waals surface area contributed by atoms with Crippen molar-refractivity contribution in [2.75, 3.05) is 28.8 Å². The van der Waals surface area contributed by atoms with Crippen LogP contribution in [0, 0.1) is 19.7 Å². The van der Waals surface area contributed by atoms with E-state index in [1.54, 1.807) is 13.8 Å². The van der Waals surface area contributed by atoms with Crippen LogP contribution in [0.2, 0.25) is 0 Å². The molecular weight excluding hydrogens is 655 g/mol. The van der Waals surface area contributed by atoms with E-state index in [2.05, 4.69) is 0 Å². The largest absolute Gasteiger partial charge is 0.494 e. The monoisotopic (exact) mass is 686 g/mol. The molecule has 0 radical (unpaired) electrons. The van der Waals surface area contributed by atoms with Gasteiger partial charge < -0.3 is 19.7 Å². The van der Waals surface area contributed by atoms with Crippen LogP contribution in [0.3, 0.4) is 0 Å². The summed E-state index contributed by atoms with van der Waals surface area (Å²) in [6.45, 7) is 1.03. The predicted molar refractivity (Wildman–Crippen MR) is 170 cm³/mol. The van der Waals surface area contributed by atoms with Crippen LogP contribution in [-0.2, 0) is 36.2 Å². The van der Waals surface area contributed by atoms with Gasteiger partial charge in [-0.05, 0) is 55.8 Å². The fraction of sp³-hybridized carbons (Fsp3) is 0.188. The number of ether oxygens (including phenoxy) is 2. The number of halogens is 1. The summed E-state index contributed by atoms with van der Waals surface area (Å²) in [5.74, 6) is -4.28. The minimum atomic E-state index is -4.62. The summed E-state index contributed by atoms with van der Waals surface area (Å²) in [7, 11) is -8.01. The normalized spacial score (nSPS) is 11.5. The first-order valence-electron chi connectivity index (χ1n) is 13.8. The summed E-state index contributed by atoms with van der Waals surface area (Å²) >= 11 is 0. The zero-order valence-electron chi connectivity index (χ0n) is 25.5. The van der Waals surface area contributed by atoms with Crippen LogP contribution < -0.4 is 18.1 Å². The Hall–Kier alpha value is -5.15. The van der Waals surface area contributed by atoms with Gasteiger partial charge in [0.05, 0.1) is 22.6 Å². The van der Waals surface area contributed by atoms with Gasteiger partial charge in [-0.25, -0.2) is 25.5 Å². The molecule has 0 heterocycles. The molecule has 15 heteroatoms. The van der Waals surface area contributed by atoms with Gasteiger partial charge in [0.1, 0.15) is 42.7 Å². The van der Waals surface area contributed by atoms with Gasteiger partial charge in [-0.2, -0.15) is 0 Å². The Labute approximate surface area is 271 Å². The lowest BCUT2D eigenvalue weighted by atomic mass is 10.2. The van der Waals surface area contributed by atoms with E-state index in [0.29, 0.717) is 14.2 Å². The molecule has 248 valence electrons. The Balaban J connectivity index is 1.98. The van der Waals surface area contributed by atoms with Gasteiger partial charge in [0, 0.05) is 12.1 Å². The lowest BCUT2D eigenvalue weighted by molar-refractivity contribution is -0.136. The molecule has 0 aliphatic rings. The number of hydrogen-bond donors (Lipinski definition) is 2. The van der Waals surface area contributed by atoms with Crippen molar-refractivity contribution in [2.45, 2.75) is 30.2 Å². The summed E-state index contributed by atoms with van der Waals surface area (Å²) in [4.78, 5) is 23.5. The van der Waals surface area contributed by atoms with Crippen molar-refractivity contribution in [3.63, 3.8) is 0 Å². The fourth-order valence-electron chi connectivity index (χ4n) is 4.49. The minimum absolute atomic E-state index is 0.226. The van der Waals surface area contributed by atoms with E-state index in [1.807, 2.05) is 0 Å². The average molecular weight is 687 g/mol. The third-order valence-electron chi connectivity index (χ3n) is 6.87. The van der Waals surface area contributed by atoms with Crippen LogP contribution in [0.25, 0.3) is 0 Å². The standard InChI is InChI=1S/C32H31FN2O10S2/c1-21-4-12-26(13-5-21)46(40,41)34(18-30(36)37)25-16-28(44-3)32(29(17-25)45-20-23-8-10-24(33)11-9-23)35(19-31(38)39)47(42,43)27-14-6-22(2)7-15-27/h4-17H,18-20H2,1-3H3,(H,36,37)(H,38,39). The predicted octanol–water partition coefficient (Wildman–Crippen LogP) is 4.59. The second-order valence-corrected chi connectivity index (χ2v) is 14.1. The Morgan fingerprint density at radius 2 is 1.15 bits per heavy atom. The van der Waals surface area contributed by atoms with E-state index in [-0.39, 0.29) is 33.6 Å². The summed E-state index contributed by atoms with van der Waals surface area (Å²) in [5, 5.41) is 19.5. The first kappa shape index (κ1) is 34.7. The van der Waals surface area contributed by atoms with Crippen LogP contribution in [0.4, 0.5) is 15.8 Å². The third kappa shape index (κ3) is 7.99. The van der Waals surface area contributed by atoms with E-state index < -0.39 is 56.6 Å². The Kier molecular flexibility index (Phi) is 10.4. The highest BCUT2D eigenvalue weighted by Gasteiger charge is 2.35. The molecule has 0 spiro atoms. The highest BCUT2D eigenvalue weighted by atomic mass is 32.2. The van der Waals surface area contributed by atoms with Crippen molar-refractivity contribution < 1.29 is 50.5 Å². The smallest absolute Gasteiger partial charge is 0.324 e. The Morgan fingerprint density at radius 3 is 1.62 bits per heavy atom. The SMILES string of the molecule is COc1cc(N(CC(=O)O)S(=O)(=O)c2ccc(C)cc2)cc(OCc2ccc(F)cc2)c1N(CC(=O)O)S(=O)(=O)c1ccc(C)cc1. The lowest BCUT2D eigenvalue weighted by Crippen LogP contribution is -2.37. The van der Waals surface area contributed by atoms with Gasteiger partial charge in [0.15, 0.2) is 0 Å². The molecule has 2 N–H and O–H groups in total. The number of benzene rings is 4. The first-order chi connectivity index (χ1) is 22.1. The van der Waals surface area contributed by atoms with Gasteiger partial charge in [-0.3, -0.25) is 13.9 Å². The fourth-order valence-corrected chi connectivity index (χ4v) is 7.32. The van der Waals surface area contributed by atoms with Crippen LogP contribution >= 0.6 is 0 Å². The van der Waals surface area contributed by atoms with Crippen molar-refractivity contribution in [2.24, 2.45) is 0 Å². The van der Waals surface area contributed by atoms with E-state index in [4.69, 9.17) is 9.47 Å². The number of sulfonamides is 2. The summed E-state index contributed by atoms with van der Waals surface area (Å²) in [6, 6.07) is 18.6. The van der Waals surface area contributed by atoms with Crippen LogP contribution in [0.15, 0.2) is 94.7 Å². The van der Waals surface area contributed by atoms with E-state index in [1.165, 1.54) is 60.7 Å². The third-order valence-corrected chi connectivity index (χ3v) is 10.4. The van der Waals surface area contributed by atoms with Crippen molar-refractivity contribution in [1.82, 2.24) is 0 Å². The van der Waals surface area contributed by atoms with Crippen molar-refractivity contribution in [3.05, 3.63) is 107 Å². The molecule has 0 amide bonds. The molecule has 0 aliphatic heterocycles. The number of nitrogens with zero attached hydrogens (tertiary/aromatic N) is 2. The molecule has 47 heavy (non-hydrogen) atoms. The molecule has 4 rings (SSSR count). The number of carboxylic acid groups (broad SMARTS) is 2. The number of carboxylic acids is 2. The molecule has 0 atom stereocenters. The summed E-state index contributed by atoms with van der Waals surface area (Å²) in [6.07, 6.45) is 0. The molecule has 0 saturated heterocycles. The minimum Gasteiger partial charge on any atom is -0.494 e. The number of rotatable bonds is 14. The maximum Gasteiger partial charge on any atom is 0.324 e. The lowest BCUT2D eigenvalue weighted by Gasteiger charge is -2.29. The number of methoxy groups -OCH3 is 1. The molecule has 0 aliphatic carbocycles. The number of aryl methyl sites for hydroxylation is 2. The van der Waals surface area contributed by atoms with Gasteiger partial charge in [-0.15, -0.1) is 0 Å². The topological polar surface area (TPSA) is 168 Å².